The lowest BCUT2D eigenvalue weighted by atomic mass is 10.2. The number of nitrogens with zero attached hydrogens (tertiary/aromatic N) is 1. The van der Waals surface area contributed by atoms with E-state index in [9.17, 15) is 4.79 Å². The highest BCUT2D eigenvalue weighted by molar-refractivity contribution is 5.84. The first-order chi connectivity index (χ1) is 7.10. The van der Waals surface area contributed by atoms with Crippen molar-refractivity contribution in [3.63, 3.8) is 0 Å². The maximum atomic E-state index is 11.6. The highest BCUT2D eigenvalue weighted by Crippen LogP contribution is 2.36. The van der Waals surface area contributed by atoms with Crippen LogP contribution < -0.4 is 5.32 Å². The minimum absolute atomic E-state index is 0.0742. The van der Waals surface area contributed by atoms with Crippen molar-refractivity contribution in [2.24, 2.45) is 0 Å². The van der Waals surface area contributed by atoms with Crippen LogP contribution in [0.3, 0.4) is 0 Å². The average Bonchev–Trinajstić information content (AvgIpc) is 2.94. The normalized spacial score (nSPS) is 17.9. The molecule has 4 heteroatoms. The molecule has 15 heavy (non-hydrogen) atoms. The monoisotopic (exact) mass is 214 g/mol. The van der Waals surface area contributed by atoms with Gasteiger partial charge in [-0.2, -0.15) is 0 Å². The molecule has 0 heterocycles. The molecule has 0 aliphatic heterocycles. The molecule has 4 nitrogen and oxygen atoms in total. The van der Waals surface area contributed by atoms with Crippen LogP contribution in [0.1, 0.15) is 26.2 Å². The quantitative estimate of drug-likeness (QED) is 0.498. The van der Waals surface area contributed by atoms with Gasteiger partial charge in [0, 0.05) is 0 Å². The molecule has 0 aromatic carbocycles. The van der Waals surface area contributed by atoms with E-state index in [1.54, 1.807) is 0 Å². The van der Waals surface area contributed by atoms with Gasteiger partial charge in [0.15, 0.2) is 0 Å². The van der Waals surface area contributed by atoms with Gasteiger partial charge in [0.2, 0.25) is 0 Å². The Hall–Kier alpha value is -0.610. The molecule has 0 aromatic heterocycles. The van der Waals surface area contributed by atoms with Gasteiger partial charge in [0.25, 0.3) is 0 Å². The van der Waals surface area contributed by atoms with Gasteiger partial charge in [-0.3, -0.25) is 4.79 Å². The highest BCUT2D eigenvalue weighted by Gasteiger charge is 2.50. The van der Waals surface area contributed by atoms with Crippen LogP contribution in [0, 0.1) is 0 Å². The molecular formula is C11H22N2O2. The Morgan fingerprint density at radius 1 is 1.47 bits per heavy atom. The molecular weight excluding hydrogens is 192 g/mol. The molecule has 0 amide bonds. The number of rotatable bonds is 7. The maximum Gasteiger partial charge on any atom is 0.326 e. The maximum absolute atomic E-state index is 11.6. The first kappa shape index (κ1) is 12.5. The third kappa shape index (κ3) is 3.80. The Morgan fingerprint density at radius 2 is 2.13 bits per heavy atom. The van der Waals surface area contributed by atoms with Crippen LogP contribution in [0.4, 0.5) is 0 Å². The zero-order valence-electron chi connectivity index (χ0n) is 10.0. The average molecular weight is 214 g/mol. The summed E-state index contributed by atoms with van der Waals surface area (Å²) in [6.07, 6.45) is 2.91. The molecule has 1 fully saturated rings. The molecule has 1 saturated carbocycles. The molecule has 0 atom stereocenters. The number of nitrogens with one attached hydrogen (secondary N) is 1. The molecule has 0 spiro atoms. The summed E-state index contributed by atoms with van der Waals surface area (Å²) in [5, 5.41) is 3.31. The van der Waals surface area contributed by atoms with Gasteiger partial charge in [0.05, 0.1) is 6.61 Å². The van der Waals surface area contributed by atoms with E-state index in [0.717, 1.165) is 32.4 Å². The van der Waals surface area contributed by atoms with Crippen LogP contribution in [0.5, 0.6) is 0 Å². The summed E-state index contributed by atoms with van der Waals surface area (Å²) < 4.78 is 5.04. The third-order valence-corrected chi connectivity index (χ3v) is 2.66. The van der Waals surface area contributed by atoms with Crippen molar-refractivity contribution in [1.82, 2.24) is 10.2 Å². The van der Waals surface area contributed by atoms with Gasteiger partial charge in [-0.15, -0.1) is 0 Å². The summed E-state index contributed by atoms with van der Waals surface area (Å²) >= 11 is 0. The first-order valence-electron chi connectivity index (χ1n) is 5.68. The molecule has 1 N–H and O–H groups in total. The minimum atomic E-state index is -0.331. The number of hydrogen-bond acceptors (Lipinski definition) is 4. The Bertz CT molecular complexity index is 213. The van der Waals surface area contributed by atoms with Gasteiger partial charge >= 0.3 is 5.97 Å². The van der Waals surface area contributed by atoms with Crippen molar-refractivity contribution in [1.29, 1.82) is 0 Å². The van der Waals surface area contributed by atoms with E-state index >= 15 is 0 Å². The zero-order valence-corrected chi connectivity index (χ0v) is 10.0. The summed E-state index contributed by atoms with van der Waals surface area (Å²) in [5.41, 5.74) is -0.331. The number of ether oxygens (including phenoxy) is 1. The SMILES string of the molecule is CCOC(=O)C1(NCCCN(C)C)CC1. The number of carbonyl (C=O) groups excluding carboxylic acids is 1. The second-order valence-corrected chi connectivity index (χ2v) is 4.39. The number of esters is 1. The van der Waals surface area contributed by atoms with E-state index < -0.39 is 0 Å². The smallest absolute Gasteiger partial charge is 0.326 e. The predicted octanol–water partition coefficient (Wildman–Crippen LogP) is 0.623. The van der Waals surface area contributed by atoms with Crippen molar-refractivity contribution in [3.8, 4) is 0 Å². The van der Waals surface area contributed by atoms with Crippen molar-refractivity contribution in [3.05, 3.63) is 0 Å². The van der Waals surface area contributed by atoms with E-state index in [1.165, 1.54) is 0 Å². The molecule has 1 aliphatic carbocycles. The molecule has 0 aromatic rings. The second-order valence-electron chi connectivity index (χ2n) is 4.39. The van der Waals surface area contributed by atoms with E-state index in [-0.39, 0.29) is 11.5 Å². The van der Waals surface area contributed by atoms with Crippen LogP contribution in [0.2, 0.25) is 0 Å². The molecule has 1 aliphatic rings. The molecule has 0 unspecified atom stereocenters. The second kappa shape index (κ2) is 5.47. The number of carbonyl (C=O) groups is 1. The lowest BCUT2D eigenvalue weighted by Crippen LogP contribution is -2.41. The Labute approximate surface area is 92.0 Å². The van der Waals surface area contributed by atoms with Gasteiger partial charge in [0.1, 0.15) is 5.54 Å². The lowest BCUT2D eigenvalue weighted by Gasteiger charge is -2.16. The van der Waals surface area contributed by atoms with E-state index in [4.69, 9.17) is 4.74 Å². The highest BCUT2D eigenvalue weighted by atomic mass is 16.5. The van der Waals surface area contributed by atoms with Crippen LogP contribution in [-0.2, 0) is 9.53 Å². The van der Waals surface area contributed by atoms with Gasteiger partial charge < -0.3 is 15.0 Å². The molecule has 1 rings (SSSR count). The van der Waals surface area contributed by atoms with Crippen molar-refractivity contribution in [2.75, 3.05) is 33.8 Å². The van der Waals surface area contributed by atoms with Crippen molar-refractivity contribution < 1.29 is 9.53 Å². The Morgan fingerprint density at radius 3 is 2.60 bits per heavy atom. The Balaban J connectivity index is 2.17. The first-order valence-corrected chi connectivity index (χ1v) is 5.68. The van der Waals surface area contributed by atoms with Gasteiger partial charge in [-0.25, -0.2) is 0 Å². The summed E-state index contributed by atoms with van der Waals surface area (Å²) in [6.45, 7) is 4.25. The Kier molecular flexibility index (Phi) is 4.54. The van der Waals surface area contributed by atoms with Crippen LogP contribution in [0.15, 0.2) is 0 Å². The fourth-order valence-corrected chi connectivity index (χ4v) is 1.57. The van der Waals surface area contributed by atoms with Crippen LogP contribution >= 0.6 is 0 Å². The topological polar surface area (TPSA) is 41.6 Å². The fraction of sp³-hybridized carbons (Fsp3) is 0.909. The lowest BCUT2D eigenvalue weighted by molar-refractivity contribution is -0.146. The van der Waals surface area contributed by atoms with Gasteiger partial charge in [-0.05, 0) is 53.4 Å². The molecule has 88 valence electrons. The standard InChI is InChI=1S/C11H22N2O2/c1-4-15-10(14)11(6-7-11)12-8-5-9-13(2)3/h12H,4-9H2,1-3H3. The van der Waals surface area contributed by atoms with E-state index in [1.807, 2.05) is 6.92 Å². The summed E-state index contributed by atoms with van der Waals surface area (Å²) in [4.78, 5) is 13.7. The van der Waals surface area contributed by atoms with Crippen LogP contribution in [-0.4, -0.2) is 50.2 Å². The predicted molar refractivity (Wildman–Crippen MR) is 59.8 cm³/mol. The van der Waals surface area contributed by atoms with Gasteiger partial charge in [-0.1, -0.05) is 0 Å². The van der Waals surface area contributed by atoms with Crippen molar-refractivity contribution >= 4 is 5.97 Å². The largest absolute Gasteiger partial charge is 0.465 e. The summed E-state index contributed by atoms with van der Waals surface area (Å²) in [7, 11) is 4.11. The molecule has 0 saturated heterocycles. The zero-order chi connectivity index (χ0) is 11.3. The van der Waals surface area contributed by atoms with E-state index in [0.29, 0.717) is 6.61 Å². The molecule has 0 radical (unpaired) electrons. The molecule has 0 bridgehead atoms. The van der Waals surface area contributed by atoms with Crippen LogP contribution in [0.25, 0.3) is 0 Å². The minimum Gasteiger partial charge on any atom is -0.465 e. The fourth-order valence-electron chi connectivity index (χ4n) is 1.57. The summed E-state index contributed by atoms with van der Waals surface area (Å²) in [5.74, 6) is -0.0742. The van der Waals surface area contributed by atoms with Crippen molar-refractivity contribution in [2.45, 2.75) is 31.7 Å². The third-order valence-electron chi connectivity index (χ3n) is 2.66. The summed E-state index contributed by atoms with van der Waals surface area (Å²) in [6, 6.07) is 0. The van der Waals surface area contributed by atoms with E-state index in [2.05, 4.69) is 24.3 Å². The number of hydrogen-bond donors (Lipinski definition) is 1.